The Balaban J connectivity index is 2.24. The van der Waals surface area contributed by atoms with Crippen molar-refractivity contribution in [3.05, 3.63) is 23.8 Å². The Morgan fingerprint density at radius 2 is 1.82 bits per heavy atom. The first-order valence-electron chi connectivity index (χ1n) is 6.17. The molecule has 1 aliphatic rings. The van der Waals surface area contributed by atoms with Gasteiger partial charge in [0, 0.05) is 18.7 Å². The summed E-state index contributed by atoms with van der Waals surface area (Å²) < 4.78 is 0. The van der Waals surface area contributed by atoms with E-state index in [0.717, 1.165) is 19.3 Å². The lowest BCUT2D eigenvalue weighted by Crippen LogP contribution is -2.31. The van der Waals surface area contributed by atoms with Crippen molar-refractivity contribution >= 4 is 11.8 Å². The zero-order valence-corrected chi connectivity index (χ0v) is 10.9. The van der Waals surface area contributed by atoms with E-state index in [4.69, 9.17) is 0 Å². The van der Waals surface area contributed by atoms with E-state index in [1.165, 1.54) is 22.6 Å². The second-order valence-corrected chi connectivity index (χ2v) is 4.91. The van der Waals surface area contributed by atoms with Crippen molar-refractivity contribution in [2.45, 2.75) is 40.0 Å². The van der Waals surface area contributed by atoms with E-state index in [1.807, 2.05) is 0 Å². The van der Waals surface area contributed by atoms with Crippen LogP contribution < -0.4 is 0 Å². The lowest BCUT2D eigenvalue weighted by Gasteiger charge is -2.16. The van der Waals surface area contributed by atoms with Crippen LogP contribution in [0.4, 0.5) is 0 Å². The van der Waals surface area contributed by atoms with E-state index in [-0.39, 0.29) is 11.8 Å². The second kappa shape index (κ2) is 6.38. The van der Waals surface area contributed by atoms with E-state index in [0.29, 0.717) is 12.5 Å². The van der Waals surface area contributed by atoms with E-state index in [2.05, 4.69) is 26.8 Å². The average molecular weight is 235 g/mol. The Bertz CT molecular complexity index is 333. The predicted molar refractivity (Wildman–Crippen MR) is 68.3 cm³/mol. The van der Waals surface area contributed by atoms with Crippen molar-refractivity contribution in [2.75, 3.05) is 6.54 Å². The summed E-state index contributed by atoms with van der Waals surface area (Å²) >= 11 is 0. The molecule has 0 aliphatic carbocycles. The molecule has 1 heterocycles. The molecule has 0 aromatic carbocycles. The van der Waals surface area contributed by atoms with E-state index in [9.17, 15) is 9.59 Å². The van der Waals surface area contributed by atoms with Crippen molar-refractivity contribution in [2.24, 2.45) is 5.92 Å². The number of imide groups is 1. The van der Waals surface area contributed by atoms with Crippen LogP contribution in [-0.4, -0.2) is 23.3 Å². The highest BCUT2D eigenvalue weighted by atomic mass is 16.2. The lowest BCUT2D eigenvalue weighted by atomic mass is 10.0. The van der Waals surface area contributed by atoms with Crippen LogP contribution in [0.5, 0.6) is 0 Å². The van der Waals surface area contributed by atoms with E-state index in [1.54, 1.807) is 0 Å². The molecule has 1 rings (SSSR count). The van der Waals surface area contributed by atoms with Crippen LogP contribution in [0.1, 0.15) is 40.0 Å². The summed E-state index contributed by atoms with van der Waals surface area (Å²) in [6.45, 7) is 6.90. The third-order valence-electron chi connectivity index (χ3n) is 2.96. The van der Waals surface area contributed by atoms with Crippen molar-refractivity contribution in [3.8, 4) is 0 Å². The SMILES string of the molecule is CC(C)=CCC[C@@H](C)CCN1C(=O)C=CC1=O. The van der Waals surface area contributed by atoms with Gasteiger partial charge in [0.2, 0.25) is 0 Å². The van der Waals surface area contributed by atoms with Crippen LogP contribution in [0.2, 0.25) is 0 Å². The summed E-state index contributed by atoms with van der Waals surface area (Å²) in [6.07, 6.45) is 7.98. The van der Waals surface area contributed by atoms with Crippen molar-refractivity contribution < 1.29 is 9.59 Å². The first-order valence-corrected chi connectivity index (χ1v) is 6.17. The molecule has 0 bridgehead atoms. The van der Waals surface area contributed by atoms with Crippen LogP contribution in [0.3, 0.4) is 0 Å². The highest BCUT2D eigenvalue weighted by Crippen LogP contribution is 2.14. The van der Waals surface area contributed by atoms with Gasteiger partial charge in [0.1, 0.15) is 0 Å². The Hall–Kier alpha value is -1.38. The summed E-state index contributed by atoms with van der Waals surface area (Å²) in [5.41, 5.74) is 1.34. The smallest absolute Gasteiger partial charge is 0.253 e. The summed E-state index contributed by atoms with van der Waals surface area (Å²) in [5, 5.41) is 0. The van der Waals surface area contributed by atoms with Gasteiger partial charge in [-0.2, -0.15) is 0 Å². The van der Waals surface area contributed by atoms with Crippen molar-refractivity contribution in [3.63, 3.8) is 0 Å². The van der Waals surface area contributed by atoms with Gasteiger partial charge in [-0.1, -0.05) is 18.6 Å². The average Bonchev–Trinajstić information content (AvgIpc) is 2.55. The normalized spacial score (nSPS) is 16.5. The maximum Gasteiger partial charge on any atom is 0.253 e. The van der Waals surface area contributed by atoms with Gasteiger partial charge in [-0.05, 0) is 39.0 Å². The molecule has 0 saturated heterocycles. The number of hydrogen-bond donors (Lipinski definition) is 0. The van der Waals surface area contributed by atoms with Gasteiger partial charge in [-0.3, -0.25) is 14.5 Å². The van der Waals surface area contributed by atoms with Crippen LogP contribution in [-0.2, 0) is 9.59 Å². The Morgan fingerprint density at radius 3 is 2.35 bits per heavy atom. The van der Waals surface area contributed by atoms with Crippen LogP contribution >= 0.6 is 0 Å². The molecule has 0 aromatic rings. The maximum absolute atomic E-state index is 11.3. The van der Waals surface area contributed by atoms with E-state index >= 15 is 0 Å². The molecule has 0 fully saturated rings. The highest BCUT2D eigenvalue weighted by Gasteiger charge is 2.22. The largest absolute Gasteiger partial charge is 0.275 e. The third-order valence-corrected chi connectivity index (χ3v) is 2.96. The van der Waals surface area contributed by atoms with Gasteiger partial charge in [0.05, 0.1) is 0 Å². The molecule has 1 aliphatic heterocycles. The predicted octanol–water partition coefficient (Wildman–Crippen LogP) is 2.68. The molecule has 1 atom stereocenters. The molecular formula is C14H21NO2. The molecule has 0 N–H and O–H groups in total. The minimum atomic E-state index is -0.175. The third kappa shape index (κ3) is 4.55. The Labute approximate surface area is 103 Å². The van der Waals surface area contributed by atoms with Gasteiger partial charge in [-0.15, -0.1) is 0 Å². The summed E-state index contributed by atoms with van der Waals surface area (Å²) in [4.78, 5) is 23.9. The van der Waals surface area contributed by atoms with Crippen LogP contribution in [0, 0.1) is 5.92 Å². The maximum atomic E-state index is 11.3. The lowest BCUT2D eigenvalue weighted by molar-refractivity contribution is -0.136. The molecular weight excluding hydrogens is 214 g/mol. The topological polar surface area (TPSA) is 37.4 Å². The first-order chi connectivity index (χ1) is 8.00. The molecule has 17 heavy (non-hydrogen) atoms. The second-order valence-electron chi connectivity index (χ2n) is 4.91. The monoisotopic (exact) mass is 235 g/mol. The number of allylic oxidation sites excluding steroid dienone is 2. The summed E-state index contributed by atoms with van der Waals surface area (Å²) in [5.74, 6) is 0.185. The summed E-state index contributed by atoms with van der Waals surface area (Å²) in [7, 11) is 0. The minimum Gasteiger partial charge on any atom is -0.275 e. The van der Waals surface area contributed by atoms with Crippen LogP contribution in [0.25, 0.3) is 0 Å². The van der Waals surface area contributed by atoms with Crippen molar-refractivity contribution in [1.29, 1.82) is 0 Å². The van der Waals surface area contributed by atoms with Gasteiger partial charge >= 0.3 is 0 Å². The molecule has 3 heteroatoms. The minimum absolute atomic E-state index is 0.175. The summed E-state index contributed by atoms with van der Waals surface area (Å²) in [6, 6.07) is 0. The first kappa shape index (κ1) is 13.7. The quantitative estimate of drug-likeness (QED) is 0.524. The fourth-order valence-electron chi connectivity index (χ4n) is 1.80. The molecule has 2 amide bonds. The van der Waals surface area contributed by atoms with Crippen LogP contribution in [0.15, 0.2) is 23.8 Å². The molecule has 0 spiro atoms. The number of hydrogen-bond acceptors (Lipinski definition) is 2. The number of carbonyl (C=O) groups is 2. The molecule has 94 valence electrons. The number of nitrogens with zero attached hydrogens (tertiary/aromatic N) is 1. The fraction of sp³-hybridized carbons (Fsp3) is 0.571. The fourth-order valence-corrected chi connectivity index (χ4v) is 1.80. The van der Waals surface area contributed by atoms with E-state index < -0.39 is 0 Å². The Morgan fingerprint density at radius 1 is 1.24 bits per heavy atom. The standard InChI is InChI=1S/C14H21NO2/c1-11(2)5-4-6-12(3)9-10-15-13(16)7-8-14(15)17/h5,7-8,12H,4,6,9-10H2,1-3H3/t12-/m1/s1. The number of carbonyl (C=O) groups excluding carboxylic acids is 2. The highest BCUT2D eigenvalue weighted by molar-refractivity contribution is 6.12. The van der Waals surface area contributed by atoms with Gasteiger partial charge in [0.15, 0.2) is 0 Å². The zero-order chi connectivity index (χ0) is 12.8. The van der Waals surface area contributed by atoms with Gasteiger partial charge < -0.3 is 0 Å². The van der Waals surface area contributed by atoms with Gasteiger partial charge in [-0.25, -0.2) is 0 Å². The molecule has 3 nitrogen and oxygen atoms in total. The molecule has 0 aromatic heterocycles. The Kier molecular flexibility index (Phi) is 5.13. The zero-order valence-electron chi connectivity index (χ0n) is 10.9. The van der Waals surface area contributed by atoms with Gasteiger partial charge in [0.25, 0.3) is 11.8 Å². The van der Waals surface area contributed by atoms with Crippen molar-refractivity contribution in [1.82, 2.24) is 4.90 Å². The number of amides is 2. The molecule has 0 radical (unpaired) electrons. The molecule has 0 unspecified atom stereocenters. The number of rotatable bonds is 6. The molecule has 0 saturated carbocycles.